The highest BCUT2D eigenvalue weighted by molar-refractivity contribution is 6.12. The molecule has 1 aliphatic carbocycles. The fraction of sp³-hybridized carbons (Fsp3) is 0.0612. The van der Waals surface area contributed by atoms with E-state index in [0.29, 0.717) is 5.82 Å². The molecule has 0 fully saturated rings. The number of fused-ring (bicyclic) bond motifs is 9. The van der Waals surface area contributed by atoms with Crippen molar-refractivity contribution in [2.24, 2.45) is 0 Å². The topological polar surface area (TPSA) is 35.6 Å². The first-order valence-corrected chi connectivity index (χ1v) is 18.2. The highest BCUT2D eigenvalue weighted by atomic mass is 15.0. The van der Waals surface area contributed by atoms with E-state index in [0.717, 1.165) is 28.1 Å². The van der Waals surface area contributed by atoms with E-state index in [9.17, 15) is 0 Å². The van der Waals surface area contributed by atoms with Crippen LogP contribution in [0.15, 0.2) is 170 Å². The Balaban J connectivity index is 1.18. The Bertz CT molecular complexity index is 3080. The number of para-hydroxylation sites is 3. The van der Waals surface area contributed by atoms with Gasteiger partial charge in [0.25, 0.3) is 0 Å². The number of hydrogen-bond donors (Lipinski definition) is 0. The third-order valence-corrected chi connectivity index (χ3v) is 11.4. The van der Waals surface area contributed by atoms with Crippen LogP contribution in [0.25, 0.3) is 88.6 Å². The first-order chi connectivity index (χ1) is 26.0. The van der Waals surface area contributed by atoms with Gasteiger partial charge in [-0.2, -0.15) is 0 Å². The molecule has 1 aliphatic rings. The lowest BCUT2D eigenvalue weighted by Crippen LogP contribution is -2.15. The van der Waals surface area contributed by atoms with Crippen LogP contribution >= 0.6 is 0 Å². The first-order valence-electron chi connectivity index (χ1n) is 18.2. The summed E-state index contributed by atoms with van der Waals surface area (Å²) in [5, 5.41) is 4.95. The zero-order valence-electron chi connectivity index (χ0n) is 29.5. The summed E-state index contributed by atoms with van der Waals surface area (Å²) in [6, 6.07) is 57.5. The molecular formula is C49H34N4. The molecule has 53 heavy (non-hydrogen) atoms. The van der Waals surface area contributed by atoms with Gasteiger partial charge in [-0.1, -0.05) is 98.8 Å². The molecule has 3 aromatic heterocycles. The largest absolute Gasteiger partial charge is 0.309 e. The maximum absolute atomic E-state index is 4.72. The Hall–Kier alpha value is -6.78. The summed E-state index contributed by atoms with van der Waals surface area (Å²) in [7, 11) is 0. The van der Waals surface area contributed by atoms with Gasteiger partial charge in [-0.25, -0.2) is 9.97 Å². The SMILES string of the molecule is CC1(C)c2ccccc2-c2cc3c4ccccc4n(-c4cc(-c5ccc6c(c5)c5ccccc5n6-c5ccccc5)cc(-c5ncccn5)c4)c3cc21. The van der Waals surface area contributed by atoms with Gasteiger partial charge < -0.3 is 9.13 Å². The average molecular weight is 679 g/mol. The Labute approximate surface area is 307 Å². The van der Waals surface area contributed by atoms with E-state index in [4.69, 9.17) is 9.97 Å². The van der Waals surface area contributed by atoms with Crippen molar-refractivity contribution in [1.82, 2.24) is 19.1 Å². The third kappa shape index (κ3) is 4.36. The highest BCUT2D eigenvalue weighted by Gasteiger charge is 2.36. The third-order valence-electron chi connectivity index (χ3n) is 11.4. The molecule has 0 N–H and O–H groups in total. The Morgan fingerprint density at radius 3 is 1.79 bits per heavy atom. The van der Waals surface area contributed by atoms with Crippen LogP contribution in [0.3, 0.4) is 0 Å². The van der Waals surface area contributed by atoms with Crippen LogP contribution in [0.4, 0.5) is 0 Å². The monoisotopic (exact) mass is 678 g/mol. The molecule has 0 amide bonds. The summed E-state index contributed by atoms with van der Waals surface area (Å²) in [5.74, 6) is 0.704. The summed E-state index contributed by atoms with van der Waals surface area (Å²) < 4.78 is 4.81. The van der Waals surface area contributed by atoms with Crippen molar-refractivity contribution in [2.45, 2.75) is 19.3 Å². The van der Waals surface area contributed by atoms with Gasteiger partial charge in [-0.05, 0) is 106 Å². The second-order valence-electron chi connectivity index (χ2n) is 14.7. The van der Waals surface area contributed by atoms with Gasteiger partial charge in [0.05, 0.1) is 22.1 Å². The molecule has 0 aliphatic heterocycles. The number of benzene rings is 7. The molecule has 7 aromatic carbocycles. The fourth-order valence-electron chi connectivity index (χ4n) is 8.93. The Morgan fingerprint density at radius 2 is 1.02 bits per heavy atom. The zero-order valence-corrected chi connectivity index (χ0v) is 29.5. The Morgan fingerprint density at radius 1 is 0.396 bits per heavy atom. The van der Waals surface area contributed by atoms with Crippen molar-refractivity contribution in [3.05, 3.63) is 181 Å². The first kappa shape index (κ1) is 29.9. The summed E-state index contributed by atoms with van der Waals surface area (Å²) in [6.45, 7) is 4.71. The van der Waals surface area contributed by atoms with E-state index in [1.807, 2.05) is 18.5 Å². The zero-order chi connectivity index (χ0) is 35.3. The molecule has 3 heterocycles. The number of aromatic nitrogens is 4. The van der Waals surface area contributed by atoms with E-state index in [1.165, 1.54) is 65.9 Å². The minimum Gasteiger partial charge on any atom is -0.309 e. The van der Waals surface area contributed by atoms with Crippen molar-refractivity contribution in [3.8, 4) is 45.0 Å². The molecule has 0 saturated heterocycles. The van der Waals surface area contributed by atoms with Gasteiger partial charge in [-0.3, -0.25) is 0 Å². The lowest BCUT2D eigenvalue weighted by molar-refractivity contribution is 0.661. The van der Waals surface area contributed by atoms with Crippen LogP contribution in [-0.4, -0.2) is 19.1 Å². The second kappa shape index (κ2) is 11.1. The maximum Gasteiger partial charge on any atom is 0.159 e. The van der Waals surface area contributed by atoms with E-state index in [2.05, 4.69) is 175 Å². The molecule has 4 nitrogen and oxygen atoms in total. The quantitative estimate of drug-likeness (QED) is 0.186. The van der Waals surface area contributed by atoms with Crippen molar-refractivity contribution in [2.75, 3.05) is 0 Å². The molecule has 4 heteroatoms. The molecule has 0 atom stereocenters. The van der Waals surface area contributed by atoms with E-state index in [-0.39, 0.29) is 5.41 Å². The molecule has 0 spiro atoms. The minimum atomic E-state index is -0.110. The summed E-state index contributed by atoms with van der Waals surface area (Å²) in [5.41, 5.74) is 15.5. The average Bonchev–Trinajstić information content (AvgIpc) is 3.80. The molecular weight excluding hydrogens is 645 g/mol. The van der Waals surface area contributed by atoms with Crippen LogP contribution in [0.2, 0.25) is 0 Å². The highest BCUT2D eigenvalue weighted by Crippen LogP contribution is 2.51. The predicted molar refractivity (Wildman–Crippen MR) is 219 cm³/mol. The van der Waals surface area contributed by atoms with Gasteiger partial charge in [0.2, 0.25) is 0 Å². The number of rotatable bonds is 4. The number of nitrogens with zero attached hydrogens (tertiary/aromatic N) is 4. The molecule has 0 bridgehead atoms. The van der Waals surface area contributed by atoms with E-state index >= 15 is 0 Å². The Kier molecular flexibility index (Phi) is 6.27. The van der Waals surface area contributed by atoms with Gasteiger partial charge >= 0.3 is 0 Å². The van der Waals surface area contributed by atoms with Gasteiger partial charge in [-0.15, -0.1) is 0 Å². The van der Waals surface area contributed by atoms with Crippen molar-refractivity contribution < 1.29 is 0 Å². The molecule has 250 valence electrons. The lowest BCUT2D eigenvalue weighted by Gasteiger charge is -2.21. The van der Waals surface area contributed by atoms with Gasteiger partial charge in [0.1, 0.15) is 0 Å². The van der Waals surface area contributed by atoms with Crippen molar-refractivity contribution in [3.63, 3.8) is 0 Å². The van der Waals surface area contributed by atoms with Crippen LogP contribution in [0.1, 0.15) is 25.0 Å². The summed E-state index contributed by atoms with van der Waals surface area (Å²) >= 11 is 0. The van der Waals surface area contributed by atoms with E-state index < -0.39 is 0 Å². The van der Waals surface area contributed by atoms with Crippen molar-refractivity contribution >= 4 is 43.6 Å². The molecule has 0 unspecified atom stereocenters. The van der Waals surface area contributed by atoms with Crippen LogP contribution < -0.4 is 0 Å². The van der Waals surface area contributed by atoms with Gasteiger partial charge in [0.15, 0.2) is 5.82 Å². The fourth-order valence-corrected chi connectivity index (χ4v) is 8.93. The summed E-state index contributed by atoms with van der Waals surface area (Å²) in [6.07, 6.45) is 3.64. The molecule has 10 aromatic rings. The predicted octanol–water partition coefficient (Wildman–Crippen LogP) is 12.3. The molecule has 0 saturated carbocycles. The normalized spacial score (nSPS) is 13.2. The van der Waals surface area contributed by atoms with Crippen LogP contribution in [0, 0.1) is 0 Å². The summed E-state index contributed by atoms with van der Waals surface area (Å²) in [4.78, 5) is 9.45. The molecule has 0 radical (unpaired) electrons. The number of hydrogen-bond acceptors (Lipinski definition) is 2. The second-order valence-corrected chi connectivity index (χ2v) is 14.7. The van der Waals surface area contributed by atoms with E-state index in [1.54, 1.807) is 0 Å². The standard InChI is InChI=1S/C49H34N4/c1-49(2)42-18-9-6-15-36(42)39-29-41-38-17-8-11-20-45(38)53(47(41)30-43(39)49)35-26-32(25-33(27-35)48-50-23-12-24-51-48)31-21-22-46-40(28-31)37-16-7-10-19-44(37)52(46)34-13-4-3-5-14-34/h3-30H,1-2H3. The lowest BCUT2D eigenvalue weighted by atomic mass is 9.82. The van der Waals surface area contributed by atoms with Crippen LogP contribution in [0.5, 0.6) is 0 Å². The van der Waals surface area contributed by atoms with Crippen LogP contribution in [-0.2, 0) is 5.41 Å². The van der Waals surface area contributed by atoms with Gasteiger partial charge in [0, 0.05) is 56.3 Å². The molecule has 11 rings (SSSR count). The smallest absolute Gasteiger partial charge is 0.159 e. The minimum absolute atomic E-state index is 0.110. The van der Waals surface area contributed by atoms with Crippen molar-refractivity contribution in [1.29, 1.82) is 0 Å². The maximum atomic E-state index is 4.72.